The number of halogens is 4. The highest BCUT2D eigenvalue weighted by Gasteiger charge is 2.35. The number of amides is 3. The molecule has 1 atom stereocenters. The van der Waals surface area contributed by atoms with Gasteiger partial charge in [0.15, 0.2) is 0 Å². The summed E-state index contributed by atoms with van der Waals surface area (Å²) in [6.45, 7) is 0.381. The molecule has 6 aromatic rings. The summed E-state index contributed by atoms with van der Waals surface area (Å²) >= 11 is 6.93. The number of carbonyl (C=O) groups is 3. The second-order valence-corrected chi connectivity index (χ2v) is 13.9. The second kappa shape index (κ2) is 18.4. The highest BCUT2D eigenvalue weighted by molar-refractivity contribution is 8.00. The van der Waals surface area contributed by atoms with Crippen LogP contribution in [-0.2, 0) is 22.4 Å². The molecule has 0 aliphatic carbocycles. The minimum absolute atomic E-state index is 0.0418. The van der Waals surface area contributed by atoms with Crippen molar-refractivity contribution in [1.29, 1.82) is 0 Å². The fraction of sp³-hybridized carbons (Fsp3) is 0.0682. The monoisotopic (exact) mass is 791 g/mol. The molecule has 6 aromatic carbocycles. The third-order valence-corrected chi connectivity index (χ3v) is 9.68. The molecule has 6 rings (SSSR count). The number of alkyl halides is 3. The van der Waals surface area contributed by atoms with Crippen LogP contribution < -0.4 is 20.7 Å². The second-order valence-electron chi connectivity index (χ2n) is 12.3. The molecule has 0 radical (unpaired) electrons. The molecule has 0 aromatic heterocycles. The minimum atomic E-state index is -4.76. The van der Waals surface area contributed by atoms with Crippen molar-refractivity contribution in [2.24, 2.45) is 0 Å². The van der Waals surface area contributed by atoms with Crippen LogP contribution in [0.1, 0.15) is 37.9 Å². The number of anilines is 2. The highest BCUT2D eigenvalue weighted by atomic mass is 35.5. The molecule has 3 N–H and O–H groups in total. The van der Waals surface area contributed by atoms with Crippen LogP contribution in [-0.4, -0.2) is 17.7 Å². The van der Waals surface area contributed by atoms with Gasteiger partial charge in [-0.05, 0) is 83.4 Å². The molecule has 1 unspecified atom stereocenters. The first-order chi connectivity index (χ1) is 27.0. The van der Waals surface area contributed by atoms with E-state index in [1.165, 1.54) is 12.1 Å². The van der Waals surface area contributed by atoms with Crippen LogP contribution >= 0.6 is 23.4 Å². The van der Waals surface area contributed by atoms with Crippen LogP contribution in [0.4, 0.5) is 24.5 Å². The number of ether oxygens (including phenoxy) is 1. The molecular formula is C44H33ClF3N3O4S. The van der Waals surface area contributed by atoms with Gasteiger partial charge in [-0.3, -0.25) is 14.4 Å². The van der Waals surface area contributed by atoms with E-state index in [4.69, 9.17) is 16.3 Å². The minimum Gasteiger partial charge on any atom is -0.489 e. The summed E-state index contributed by atoms with van der Waals surface area (Å²) < 4.78 is 47.4. The molecule has 0 fully saturated rings. The maximum atomic E-state index is 13.8. The van der Waals surface area contributed by atoms with Crippen LogP contribution in [0, 0.1) is 0 Å². The Labute approximate surface area is 330 Å². The average molecular weight is 792 g/mol. The van der Waals surface area contributed by atoms with E-state index in [9.17, 15) is 27.6 Å². The van der Waals surface area contributed by atoms with Gasteiger partial charge in [-0.15, -0.1) is 11.8 Å². The van der Waals surface area contributed by atoms with Gasteiger partial charge in [-0.2, -0.15) is 13.2 Å². The van der Waals surface area contributed by atoms with Crippen LogP contribution in [0.5, 0.6) is 5.75 Å². The largest absolute Gasteiger partial charge is 0.489 e. The first kappa shape index (κ1) is 39.4. The Morgan fingerprint density at radius 3 is 2.07 bits per heavy atom. The fourth-order valence-corrected chi connectivity index (χ4v) is 6.71. The molecule has 282 valence electrons. The summed E-state index contributed by atoms with van der Waals surface area (Å²) in [5.41, 5.74) is 1.31. The zero-order chi connectivity index (χ0) is 39.5. The summed E-state index contributed by atoms with van der Waals surface area (Å²) in [5.74, 6) is -1.20. The van der Waals surface area contributed by atoms with E-state index in [-0.39, 0.29) is 10.7 Å². The number of thioether (sulfide) groups is 1. The Morgan fingerprint density at radius 2 is 1.39 bits per heavy atom. The molecule has 3 amide bonds. The van der Waals surface area contributed by atoms with Crippen molar-refractivity contribution in [1.82, 2.24) is 5.32 Å². The van der Waals surface area contributed by atoms with E-state index in [1.807, 2.05) is 30.3 Å². The van der Waals surface area contributed by atoms with Gasteiger partial charge in [0.2, 0.25) is 5.91 Å². The van der Waals surface area contributed by atoms with E-state index >= 15 is 0 Å². The van der Waals surface area contributed by atoms with E-state index < -0.39 is 40.4 Å². The van der Waals surface area contributed by atoms with Crippen LogP contribution in [0.3, 0.4) is 0 Å². The molecule has 0 bridgehead atoms. The molecule has 56 heavy (non-hydrogen) atoms. The first-order valence-corrected chi connectivity index (χ1v) is 18.4. The van der Waals surface area contributed by atoms with E-state index in [0.717, 1.165) is 29.5 Å². The van der Waals surface area contributed by atoms with Gasteiger partial charge < -0.3 is 20.7 Å². The molecule has 0 saturated carbocycles. The fourth-order valence-electron chi connectivity index (χ4n) is 5.45. The average Bonchev–Trinajstić information content (AvgIpc) is 3.20. The Balaban J connectivity index is 1.22. The number of benzene rings is 6. The molecule has 0 aliphatic heterocycles. The predicted molar refractivity (Wildman–Crippen MR) is 214 cm³/mol. The molecule has 0 saturated heterocycles. The number of carbonyl (C=O) groups excluding carboxylic acids is 3. The van der Waals surface area contributed by atoms with Gasteiger partial charge in [0.05, 0.1) is 11.3 Å². The molecule has 0 spiro atoms. The van der Waals surface area contributed by atoms with Gasteiger partial charge in [-0.1, -0.05) is 109 Å². The van der Waals surface area contributed by atoms with Crippen molar-refractivity contribution in [2.45, 2.75) is 22.9 Å². The lowest BCUT2D eigenvalue weighted by Gasteiger charge is -2.20. The van der Waals surface area contributed by atoms with Gasteiger partial charge >= 0.3 is 6.18 Å². The molecular weight excluding hydrogens is 759 g/mol. The van der Waals surface area contributed by atoms with Crippen molar-refractivity contribution in [3.63, 3.8) is 0 Å². The van der Waals surface area contributed by atoms with Crippen molar-refractivity contribution in [3.8, 4) is 5.75 Å². The third kappa shape index (κ3) is 10.9. The Morgan fingerprint density at radius 1 is 0.732 bits per heavy atom. The maximum Gasteiger partial charge on any atom is 0.418 e. The van der Waals surface area contributed by atoms with Crippen molar-refractivity contribution >= 4 is 58.5 Å². The lowest BCUT2D eigenvalue weighted by atomic mass is 10.1. The number of hydrogen-bond acceptors (Lipinski definition) is 5. The smallest absolute Gasteiger partial charge is 0.418 e. The van der Waals surface area contributed by atoms with Gasteiger partial charge in [0.25, 0.3) is 11.8 Å². The molecule has 7 nitrogen and oxygen atoms in total. The quantitative estimate of drug-likeness (QED) is 0.0799. The van der Waals surface area contributed by atoms with Crippen molar-refractivity contribution in [3.05, 3.63) is 196 Å². The van der Waals surface area contributed by atoms with E-state index in [1.54, 1.807) is 109 Å². The SMILES string of the molecule is O=C(Nc1cccc(SC(C(=O)Nc2ccc(Cl)cc2C(F)(F)F)c2ccccc2)c1)/C(=C/c1ccc(OCc2ccccc2)cc1)NC(=O)c1ccccc1. The number of hydrogen-bond donors (Lipinski definition) is 3. The van der Waals surface area contributed by atoms with E-state index in [2.05, 4.69) is 16.0 Å². The van der Waals surface area contributed by atoms with Gasteiger partial charge in [0, 0.05) is 21.2 Å². The molecule has 0 heterocycles. The van der Waals surface area contributed by atoms with Crippen molar-refractivity contribution in [2.75, 3.05) is 10.6 Å². The Hall–Kier alpha value is -6.30. The van der Waals surface area contributed by atoms with E-state index in [0.29, 0.717) is 39.6 Å². The normalized spacial score (nSPS) is 12.0. The topological polar surface area (TPSA) is 96.5 Å². The number of rotatable bonds is 13. The zero-order valence-corrected chi connectivity index (χ0v) is 31.0. The zero-order valence-electron chi connectivity index (χ0n) is 29.4. The Kier molecular flexibility index (Phi) is 12.9. The summed E-state index contributed by atoms with van der Waals surface area (Å²) in [6.07, 6.45) is -3.22. The van der Waals surface area contributed by atoms with Crippen LogP contribution in [0.2, 0.25) is 5.02 Å². The standard InChI is InChI=1S/C44H33ClF3N3O4S/c45-33-21-24-38(37(26-33)44(46,47)48)50-43(54)40(31-13-6-2-7-14-31)56-36-18-10-17-34(27-36)49-42(53)39(51-41(52)32-15-8-3-9-16-32)25-29-19-22-35(23-20-29)55-28-30-11-4-1-5-12-30/h1-27,40H,28H2,(H,49,53)(H,50,54)(H,51,52)/b39-25-. The van der Waals surface area contributed by atoms with Gasteiger partial charge in [0.1, 0.15) is 23.3 Å². The summed E-state index contributed by atoms with van der Waals surface area (Å²) in [4.78, 5) is 41.3. The van der Waals surface area contributed by atoms with Crippen LogP contribution in [0.25, 0.3) is 6.08 Å². The lowest BCUT2D eigenvalue weighted by Crippen LogP contribution is -2.30. The van der Waals surface area contributed by atoms with Crippen LogP contribution in [0.15, 0.2) is 168 Å². The maximum absolute atomic E-state index is 13.8. The third-order valence-electron chi connectivity index (χ3n) is 8.20. The van der Waals surface area contributed by atoms with Gasteiger partial charge in [-0.25, -0.2) is 0 Å². The Bertz CT molecular complexity index is 2330. The van der Waals surface area contributed by atoms with Crippen molar-refractivity contribution < 1.29 is 32.3 Å². The number of nitrogens with one attached hydrogen (secondary N) is 3. The lowest BCUT2D eigenvalue weighted by molar-refractivity contribution is -0.137. The summed E-state index contributed by atoms with van der Waals surface area (Å²) in [5, 5.41) is 6.87. The molecule has 0 aliphatic rings. The first-order valence-electron chi connectivity index (χ1n) is 17.2. The summed E-state index contributed by atoms with van der Waals surface area (Å²) in [6, 6.07) is 43.6. The predicted octanol–water partition coefficient (Wildman–Crippen LogP) is 10.8. The summed E-state index contributed by atoms with van der Waals surface area (Å²) in [7, 11) is 0. The highest BCUT2D eigenvalue weighted by Crippen LogP contribution is 2.40. The molecule has 12 heteroatoms.